The number of H-pyrrole nitrogens is 2. The predicted octanol–water partition coefficient (Wildman–Crippen LogP) is -1.09. The van der Waals surface area contributed by atoms with E-state index in [2.05, 4.69) is 62.8 Å². The number of imidazole rings is 1. The molecule has 0 unspecified atom stereocenters. The number of nitrogens with two attached hydrogens (primary N) is 1. The van der Waals surface area contributed by atoms with Crippen molar-refractivity contribution in [3.05, 3.63) is 90.1 Å². The number of para-hydroxylation sites is 1. The summed E-state index contributed by atoms with van der Waals surface area (Å²) in [5.41, 5.74) is 7.96. The van der Waals surface area contributed by atoms with Gasteiger partial charge in [0.15, 0.2) is 11.7 Å². The molecule has 25 nitrogen and oxygen atoms in total. The predicted molar refractivity (Wildman–Crippen MR) is 283 cm³/mol. The number of nitrogens with one attached hydrogen (secondary N) is 12. The first-order valence-electron chi connectivity index (χ1n) is 24.3. The quantitative estimate of drug-likeness (QED) is 0.0235. The van der Waals surface area contributed by atoms with Crippen LogP contribution < -0.4 is 53.6 Å². The summed E-state index contributed by atoms with van der Waals surface area (Å²) in [6, 6.07) is 5.70. The number of urea groups is 1. The van der Waals surface area contributed by atoms with Crippen molar-refractivity contribution in [3.8, 4) is 0 Å². The average Bonchev–Trinajstić information content (AvgIpc) is 4.13. The van der Waals surface area contributed by atoms with Gasteiger partial charge in [-0.1, -0.05) is 70.1 Å². The van der Waals surface area contributed by atoms with Crippen LogP contribution in [-0.2, 0) is 62.4 Å². The lowest BCUT2D eigenvalue weighted by Gasteiger charge is -2.34. The zero-order chi connectivity index (χ0) is 55.1. The number of amides is 10. The second-order valence-corrected chi connectivity index (χ2v) is 21.8. The van der Waals surface area contributed by atoms with Gasteiger partial charge in [-0.15, -0.1) is 0 Å². The van der Waals surface area contributed by atoms with Crippen molar-refractivity contribution >= 4 is 97.5 Å². The Morgan fingerprint density at radius 3 is 2.08 bits per heavy atom. The Bertz CT molecular complexity index is 2780. The van der Waals surface area contributed by atoms with Crippen LogP contribution in [0.25, 0.3) is 10.9 Å². The number of guanidine groups is 1. The van der Waals surface area contributed by atoms with Crippen LogP contribution in [0.2, 0.25) is 0 Å². The summed E-state index contributed by atoms with van der Waals surface area (Å²) >= 11 is 0. The zero-order valence-electron chi connectivity index (χ0n) is 42.2. The summed E-state index contributed by atoms with van der Waals surface area (Å²) in [5, 5.41) is 32.3. The number of imide groups is 1. The molecule has 2 saturated heterocycles. The van der Waals surface area contributed by atoms with E-state index in [9.17, 15) is 47.9 Å². The molecule has 0 spiro atoms. The molecule has 2 aromatic carbocycles. The van der Waals surface area contributed by atoms with Crippen molar-refractivity contribution in [1.29, 1.82) is 5.41 Å². The fraction of sp³-hybridized carbons (Fsp3) is 0.429. The van der Waals surface area contributed by atoms with Crippen LogP contribution in [0.4, 0.5) is 4.79 Å². The maximum atomic E-state index is 14.7. The first-order chi connectivity index (χ1) is 36.2. The number of benzene rings is 2. The monoisotopic (exact) mass is 1090 g/mol. The van der Waals surface area contributed by atoms with Crippen LogP contribution in [0, 0.1) is 5.41 Å². The van der Waals surface area contributed by atoms with Crippen molar-refractivity contribution in [3.63, 3.8) is 0 Å². The van der Waals surface area contributed by atoms with Crippen molar-refractivity contribution in [2.45, 2.75) is 107 Å². The van der Waals surface area contributed by atoms with E-state index in [0.29, 0.717) is 21.7 Å². The maximum Gasteiger partial charge on any atom is 0.325 e. The number of hydrogen-bond donors (Lipinski definition) is 13. The first-order valence-corrected chi connectivity index (χ1v) is 26.7. The lowest BCUT2D eigenvalue weighted by Crippen LogP contribution is -2.61. The number of nitrogens with zero attached hydrogens (tertiary/aromatic N) is 2. The molecule has 406 valence electrons. The average molecular weight is 1090 g/mol. The van der Waals surface area contributed by atoms with Gasteiger partial charge in [0.05, 0.1) is 12.9 Å². The van der Waals surface area contributed by atoms with Gasteiger partial charge in [-0.3, -0.25) is 53.5 Å². The van der Waals surface area contributed by atoms with Crippen molar-refractivity contribution in [2.75, 3.05) is 25.4 Å². The zero-order valence-corrected chi connectivity index (χ0v) is 43.8. The van der Waals surface area contributed by atoms with Crippen LogP contribution in [0.1, 0.15) is 57.4 Å². The number of aromatic amines is 2. The molecular weight excluding hydrogens is 1020 g/mol. The molecule has 27 heteroatoms. The minimum absolute atomic E-state index is 0.0441. The molecule has 2 aliphatic rings. The van der Waals surface area contributed by atoms with Crippen LogP contribution in [0.3, 0.4) is 0 Å². The number of aromatic nitrogens is 3. The fourth-order valence-electron chi connectivity index (χ4n) is 8.40. The van der Waals surface area contributed by atoms with E-state index in [1.807, 2.05) is 24.3 Å². The Morgan fingerprint density at radius 2 is 1.42 bits per heavy atom. The van der Waals surface area contributed by atoms with E-state index in [1.54, 1.807) is 50.4 Å². The number of ketones is 1. The molecule has 76 heavy (non-hydrogen) atoms. The van der Waals surface area contributed by atoms with Crippen molar-refractivity contribution in [1.82, 2.24) is 67.7 Å². The lowest BCUT2D eigenvalue weighted by atomic mass is 9.97. The topological polar surface area (TPSA) is 377 Å². The summed E-state index contributed by atoms with van der Waals surface area (Å²) in [5.74, 6) is -7.46. The van der Waals surface area contributed by atoms with Crippen molar-refractivity contribution in [2.24, 2.45) is 5.73 Å². The third kappa shape index (κ3) is 16.0. The minimum atomic E-state index is -1.42. The van der Waals surface area contributed by atoms with Gasteiger partial charge >= 0.3 is 6.03 Å². The number of Topliss-reactive ketones (excluding diaryl/α,β-unsaturated/α-hetero) is 1. The highest BCUT2D eigenvalue weighted by Crippen LogP contribution is 2.39. The number of hydrogen-bond acceptors (Lipinski definition) is 14. The standard InChI is InChI=1S/C49H63N15O10S2/c1-26-41(68)60-36(19-30-21-52-25-56-30)44(71)61-34(17-28-11-6-5-7-12-28)43(70)59-33(15-10-16-53-47(50)51)42(69)62-35(18-29-20-54-32-14-9-8-13-31(29)32)45(72)63-40(27(2)65)49(3,4)76-75-24-37(46(73)57-26)58-38(66)23-64-39(67)22-55-48(64)74/h5-9,11-14,20-21,25-26,33-37,40,54H,10,15-19,22-24H2,1-4H3,(H,52,56)(H,55,74)(H,57,73)(H,58,66)(H,59,70)(H,60,68)(H,61,71)(H,62,69)(H,63,72)(H4,50,51,53)/t26-,33+,34-,35+,36+,37+,40-/m1/s1. The van der Waals surface area contributed by atoms with Gasteiger partial charge in [-0.2, -0.15) is 0 Å². The largest absolute Gasteiger partial charge is 0.370 e. The second-order valence-electron chi connectivity index (χ2n) is 18.8. The Morgan fingerprint density at radius 1 is 0.789 bits per heavy atom. The third-order valence-electron chi connectivity index (χ3n) is 12.4. The van der Waals surface area contributed by atoms with Gasteiger partial charge in [0.1, 0.15) is 48.8 Å². The molecule has 0 saturated carbocycles. The molecule has 2 aliphatic heterocycles. The molecule has 2 fully saturated rings. The SMILES string of the molecule is CC(=O)[C@H]1NC(=O)[C@H](Cc2c[nH]c3ccccc23)NC(=O)[C@H](CCCNC(=N)N)NC(=O)[C@@H](Cc2ccccc2)NC(=O)[C@H](Cc2cnc[nH]2)NC(=O)[C@@H](C)NC(=O)[C@@H](NC(=O)CN2C(=O)CNC2=O)CSSC1(C)C. The van der Waals surface area contributed by atoms with E-state index in [0.717, 1.165) is 32.5 Å². The maximum absolute atomic E-state index is 14.7. The van der Waals surface area contributed by atoms with E-state index in [4.69, 9.17) is 11.1 Å². The third-order valence-corrected chi connectivity index (χ3v) is 15.7. The Balaban J connectivity index is 1.39. The fourth-order valence-corrected chi connectivity index (χ4v) is 11.3. The molecule has 7 atom stereocenters. The van der Waals surface area contributed by atoms with Crippen LogP contribution in [0.5, 0.6) is 0 Å². The molecule has 0 aliphatic carbocycles. The lowest BCUT2D eigenvalue weighted by molar-refractivity contribution is -0.135. The summed E-state index contributed by atoms with van der Waals surface area (Å²) in [6.07, 6.45) is 4.29. The molecule has 4 heterocycles. The smallest absolute Gasteiger partial charge is 0.325 e. The van der Waals surface area contributed by atoms with Gasteiger partial charge in [0, 0.05) is 65.3 Å². The van der Waals surface area contributed by atoms with Gasteiger partial charge in [0.25, 0.3) is 5.91 Å². The summed E-state index contributed by atoms with van der Waals surface area (Å²) in [4.78, 5) is 149. The molecule has 0 bridgehead atoms. The van der Waals surface area contributed by atoms with Gasteiger partial charge in [-0.25, -0.2) is 9.78 Å². The number of carbonyl (C=O) groups excluding carboxylic acids is 10. The molecule has 2 aromatic heterocycles. The minimum Gasteiger partial charge on any atom is -0.370 e. The number of rotatable bonds is 14. The molecule has 10 amide bonds. The number of fused-ring (bicyclic) bond motifs is 1. The number of carbonyl (C=O) groups is 10. The second kappa shape index (κ2) is 26.5. The van der Waals surface area contributed by atoms with Crippen LogP contribution in [0.15, 0.2) is 73.3 Å². The van der Waals surface area contributed by atoms with E-state index in [1.165, 1.54) is 26.4 Å². The molecular formula is C49H63N15O10S2. The van der Waals surface area contributed by atoms with E-state index >= 15 is 0 Å². The van der Waals surface area contributed by atoms with Crippen LogP contribution in [-0.4, -0.2) is 157 Å². The highest BCUT2D eigenvalue weighted by Gasteiger charge is 2.40. The van der Waals surface area contributed by atoms with Gasteiger partial charge < -0.3 is 63.6 Å². The highest BCUT2D eigenvalue weighted by atomic mass is 33.1. The Kier molecular flexibility index (Phi) is 20.0. The summed E-state index contributed by atoms with van der Waals surface area (Å²) in [6.45, 7) is 5.04. The summed E-state index contributed by atoms with van der Waals surface area (Å²) in [7, 11) is 2.12. The van der Waals surface area contributed by atoms with E-state index in [-0.39, 0.29) is 56.9 Å². The highest BCUT2D eigenvalue weighted by molar-refractivity contribution is 8.77. The molecule has 4 aromatic rings. The van der Waals surface area contributed by atoms with Gasteiger partial charge in [0.2, 0.25) is 41.4 Å². The normalized spacial score (nSPS) is 23.5. The van der Waals surface area contributed by atoms with E-state index < -0.39 is 113 Å². The first kappa shape index (κ1) is 57.3. The Labute approximate surface area is 445 Å². The Hall–Kier alpha value is -7.94. The molecule has 6 rings (SSSR count). The van der Waals surface area contributed by atoms with Crippen LogP contribution >= 0.6 is 21.6 Å². The van der Waals surface area contributed by atoms with Crippen molar-refractivity contribution < 1.29 is 47.9 Å². The van der Waals surface area contributed by atoms with Gasteiger partial charge in [-0.05, 0) is 57.7 Å². The summed E-state index contributed by atoms with van der Waals surface area (Å²) < 4.78 is -1.16. The molecule has 14 N–H and O–H groups in total. The molecule has 0 radical (unpaired) electrons.